The Morgan fingerprint density at radius 2 is 2.05 bits per heavy atom. The highest BCUT2D eigenvalue weighted by atomic mass is 16.2. The van der Waals surface area contributed by atoms with E-state index in [2.05, 4.69) is 10.3 Å². The van der Waals surface area contributed by atoms with Crippen molar-refractivity contribution in [1.82, 2.24) is 14.7 Å². The first-order valence-corrected chi connectivity index (χ1v) is 6.17. The fourth-order valence-electron chi connectivity index (χ4n) is 2.28. The van der Waals surface area contributed by atoms with Gasteiger partial charge in [0, 0.05) is 19.2 Å². The molecule has 7 nitrogen and oxygen atoms in total. The number of imide groups is 1. The van der Waals surface area contributed by atoms with E-state index in [1.807, 2.05) is 0 Å². The number of hydrogen-bond acceptors (Lipinski definition) is 4. The van der Waals surface area contributed by atoms with Gasteiger partial charge in [0.1, 0.15) is 11.3 Å². The van der Waals surface area contributed by atoms with Crippen molar-refractivity contribution in [3.8, 4) is 0 Å². The number of anilines is 1. The van der Waals surface area contributed by atoms with Gasteiger partial charge >= 0.3 is 6.03 Å². The lowest BCUT2D eigenvalue weighted by Crippen LogP contribution is -2.51. The maximum absolute atomic E-state index is 12.5. The van der Waals surface area contributed by atoms with Crippen LogP contribution >= 0.6 is 0 Å². The minimum absolute atomic E-state index is 0.169. The van der Waals surface area contributed by atoms with Gasteiger partial charge in [0.25, 0.3) is 5.56 Å². The Labute approximate surface area is 113 Å². The molecule has 1 saturated heterocycles. The number of aromatic nitrogens is 2. The molecule has 2 aromatic rings. The summed E-state index contributed by atoms with van der Waals surface area (Å²) in [4.78, 5) is 41.1. The van der Waals surface area contributed by atoms with E-state index in [4.69, 9.17) is 0 Å². The van der Waals surface area contributed by atoms with Gasteiger partial charge in [-0.25, -0.2) is 9.78 Å². The van der Waals surface area contributed by atoms with Crippen LogP contribution in [0, 0.1) is 6.92 Å². The standard InChI is InChI=1S/C13H12N4O3/c1-8-11(17-7-5-10(18)15-13(17)20)12(19)16-6-3-2-4-9(16)14-8/h2-4,6H,5,7H2,1H3,(H,15,18,20). The third-order valence-corrected chi connectivity index (χ3v) is 3.21. The third-order valence-electron chi connectivity index (χ3n) is 3.21. The van der Waals surface area contributed by atoms with Crippen LogP contribution in [0.1, 0.15) is 12.1 Å². The smallest absolute Gasteiger partial charge is 0.287 e. The molecule has 2 aromatic heterocycles. The topological polar surface area (TPSA) is 83.8 Å². The van der Waals surface area contributed by atoms with Crippen molar-refractivity contribution < 1.29 is 9.59 Å². The van der Waals surface area contributed by atoms with Crippen LogP contribution < -0.4 is 15.8 Å². The van der Waals surface area contributed by atoms with E-state index >= 15 is 0 Å². The zero-order valence-electron chi connectivity index (χ0n) is 10.8. The Kier molecular flexibility index (Phi) is 2.74. The summed E-state index contributed by atoms with van der Waals surface area (Å²) in [6.07, 6.45) is 1.77. The number of carbonyl (C=O) groups excluding carboxylic acids is 2. The van der Waals surface area contributed by atoms with Gasteiger partial charge in [-0.15, -0.1) is 0 Å². The van der Waals surface area contributed by atoms with Crippen LogP contribution in [-0.2, 0) is 4.79 Å². The first-order valence-electron chi connectivity index (χ1n) is 6.17. The molecule has 0 aromatic carbocycles. The molecule has 102 valence electrons. The quantitative estimate of drug-likeness (QED) is 0.817. The minimum Gasteiger partial charge on any atom is -0.287 e. The summed E-state index contributed by atoms with van der Waals surface area (Å²) < 4.78 is 1.38. The van der Waals surface area contributed by atoms with E-state index < -0.39 is 6.03 Å². The lowest BCUT2D eigenvalue weighted by molar-refractivity contribution is -0.120. The van der Waals surface area contributed by atoms with E-state index in [9.17, 15) is 14.4 Å². The Balaban J connectivity index is 2.19. The van der Waals surface area contributed by atoms with Crippen molar-refractivity contribution >= 4 is 23.3 Å². The number of nitrogens with zero attached hydrogens (tertiary/aromatic N) is 3. The summed E-state index contributed by atoms with van der Waals surface area (Å²) in [5.41, 5.74) is 0.870. The Bertz CT molecular complexity index is 781. The number of nitrogens with one attached hydrogen (secondary N) is 1. The van der Waals surface area contributed by atoms with E-state index in [0.717, 1.165) is 0 Å². The zero-order valence-corrected chi connectivity index (χ0v) is 10.8. The van der Waals surface area contributed by atoms with Gasteiger partial charge in [-0.3, -0.25) is 24.2 Å². The number of pyridine rings is 1. The van der Waals surface area contributed by atoms with Crippen LogP contribution in [0.4, 0.5) is 10.5 Å². The van der Waals surface area contributed by atoms with Crippen LogP contribution in [0.15, 0.2) is 29.2 Å². The number of hydrogen-bond donors (Lipinski definition) is 1. The first kappa shape index (κ1) is 12.3. The largest absolute Gasteiger partial charge is 0.328 e. The molecule has 0 saturated carbocycles. The summed E-state index contributed by atoms with van der Waals surface area (Å²) in [6.45, 7) is 1.86. The lowest BCUT2D eigenvalue weighted by Gasteiger charge is -2.26. The average molecular weight is 272 g/mol. The van der Waals surface area contributed by atoms with Gasteiger partial charge < -0.3 is 0 Å². The van der Waals surface area contributed by atoms with Gasteiger partial charge in [0.15, 0.2) is 0 Å². The monoisotopic (exact) mass is 272 g/mol. The van der Waals surface area contributed by atoms with Crippen LogP contribution in [0.2, 0.25) is 0 Å². The van der Waals surface area contributed by atoms with Crippen LogP contribution in [-0.4, -0.2) is 27.9 Å². The molecule has 0 bridgehead atoms. The second kappa shape index (κ2) is 4.44. The van der Waals surface area contributed by atoms with E-state index in [1.165, 1.54) is 9.30 Å². The maximum Gasteiger partial charge on any atom is 0.328 e. The Morgan fingerprint density at radius 1 is 1.25 bits per heavy atom. The van der Waals surface area contributed by atoms with Crippen molar-refractivity contribution in [3.05, 3.63) is 40.4 Å². The molecule has 3 heterocycles. The van der Waals surface area contributed by atoms with Gasteiger partial charge in [-0.05, 0) is 19.1 Å². The predicted molar refractivity (Wildman–Crippen MR) is 71.7 cm³/mol. The Hall–Kier alpha value is -2.70. The van der Waals surface area contributed by atoms with E-state index in [-0.39, 0.29) is 30.1 Å². The highest BCUT2D eigenvalue weighted by Gasteiger charge is 2.28. The summed E-state index contributed by atoms with van der Waals surface area (Å²) in [5.74, 6) is -0.335. The molecule has 3 amide bonds. The molecule has 20 heavy (non-hydrogen) atoms. The molecule has 1 aliphatic rings. The molecule has 0 unspecified atom stereocenters. The van der Waals surface area contributed by atoms with Crippen molar-refractivity contribution in [2.24, 2.45) is 0 Å². The highest BCUT2D eigenvalue weighted by molar-refractivity contribution is 6.05. The van der Waals surface area contributed by atoms with E-state index in [1.54, 1.807) is 31.3 Å². The molecule has 3 rings (SSSR count). The van der Waals surface area contributed by atoms with E-state index in [0.29, 0.717) is 11.3 Å². The number of aryl methyl sites for hydroxylation is 1. The number of fused-ring (bicyclic) bond motifs is 1. The summed E-state index contributed by atoms with van der Waals surface area (Å²) in [5, 5.41) is 2.20. The average Bonchev–Trinajstić information content (AvgIpc) is 2.41. The molecular weight excluding hydrogens is 260 g/mol. The maximum atomic E-state index is 12.5. The van der Waals surface area contributed by atoms with Crippen molar-refractivity contribution in [2.75, 3.05) is 11.4 Å². The number of rotatable bonds is 1. The fraction of sp³-hybridized carbons (Fsp3) is 0.231. The molecule has 7 heteroatoms. The summed E-state index contributed by atoms with van der Waals surface area (Å²) in [6, 6.07) is 4.64. The Morgan fingerprint density at radius 3 is 2.80 bits per heavy atom. The van der Waals surface area contributed by atoms with Gasteiger partial charge in [0.2, 0.25) is 5.91 Å². The van der Waals surface area contributed by atoms with Gasteiger partial charge in [-0.1, -0.05) is 6.07 Å². The summed E-state index contributed by atoms with van der Waals surface area (Å²) in [7, 11) is 0. The number of urea groups is 1. The molecule has 0 aliphatic carbocycles. The molecule has 1 fully saturated rings. The van der Waals surface area contributed by atoms with Crippen LogP contribution in [0.25, 0.3) is 5.65 Å². The minimum atomic E-state index is -0.584. The second-order valence-electron chi connectivity index (χ2n) is 4.53. The van der Waals surface area contributed by atoms with Crippen LogP contribution in [0.3, 0.4) is 0 Å². The molecule has 0 radical (unpaired) electrons. The van der Waals surface area contributed by atoms with Crippen molar-refractivity contribution in [1.29, 1.82) is 0 Å². The number of carbonyl (C=O) groups is 2. The number of amides is 3. The molecule has 0 spiro atoms. The fourth-order valence-corrected chi connectivity index (χ4v) is 2.28. The zero-order chi connectivity index (χ0) is 14.3. The van der Waals surface area contributed by atoms with Crippen molar-refractivity contribution in [2.45, 2.75) is 13.3 Å². The third kappa shape index (κ3) is 1.83. The van der Waals surface area contributed by atoms with Gasteiger partial charge in [0.05, 0.1) is 5.69 Å². The molecule has 1 aliphatic heterocycles. The molecule has 0 atom stereocenters. The normalized spacial score (nSPS) is 15.6. The van der Waals surface area contributed by atoms with Crippen molar-refractivity contribution in [3.63, 3.8) is 0 Å². The molecule has 1 N–H and O–H groups in total. The SMILES string of the molecule is Cc1nc2ccccn2c(=O)c1N1CCC(=O)NC1=O. The lowest BCUT2D eigenvalue weighted by atomic mass is 10.2. The highest BCUT2D eigenvalue weighted by Crippen LogP contribution is 2.16. The first-order chi connectivity index (χ1) is 9.58. The molecular formula is C13H12N4O3. The summed E-state index contributed by atoms with van der Waals surface area (Å²) >= 11 is 0. The predicted octanol–water partition coefficient (Wildman–Crippen LogP) is 0.449. The second-order valence-corrected chi connectivity index (χ2v) is 4.53. The van der Waals surface area contributed by atoms with Crippen LogP contribution in [0.5, 0.6) is 0 Å². The van der Waals surface area contributed by atoms with Gasteiger partial charge in [-0.2, -0.15) is 0 Å².